The molecule has 0 fully saturated rings. The monoisotopic (exact) mass is 761 g/mol. The number of hydrogen-bond acceptors (Lipinski definition) is 8. The molecular weight excluding hydrogens is 740 g/mol. The van der Waals surface area contributed by atoms with Gasteiger partial charge in [-0.15, -0.1) is 0 Å². The van der Waals surface area contributed by atoms with Crippen molar-refractivity contribution in [2.75, 3.05) is 16.1 Å². The average Bonchev–Trinajstić information content (AvgIpc) is 3.04. The average molecular weight is 762 g/mol. The van der Waals surface area contributed by atoms with Crippen molar-refractivity contribution in [2.24, 2.45) is 15.0 Å². The van der Waals surface area contributed by atoms with Gasteiger partial charge in [0, 0.05) is 54.0 Å². The molecule has 2 unspecified atom stereocenters. The van der Waals surface area contributed by atoms with Crippen LogP contribution in [0.4, 0.5) is 62.4 Å². The van der Waals surface area contributed by atoms with E-state index in [1.807, 2.05) is 0 Å². The van der Waals surface area contributed by atoms with E-state index in [4.69, 9.17) is 23.2 Å². The van der Waals surface area contributed by atoms with Gasteiger partial charge in [-0.2, -0.15) is 13.2 Å². The Kier molecular flexibility index (Phi) is 9.58. The van der Waals surface area contributed by atoms with Crippen molar-refractivity contribution in [1.82, 2.24) is 15.0 Å². The molecule has 0 saturated heterocycles. The van der Waals surface area contributed by atoms with E-state index in [9.17, 15) is 22.0 Å². The molecule has 268 valence electrons. The molecule has 51 heavy (non-hydrogen) atoms. The van der Waals surface area contributed by atoms with Gasteiger partial charge in [-0.25, -0.2) is 41.3 Å². The van der Waals surface area contributed by atoms with Gasteiger partial charge in [0.1, 0.15) is 63.2 Å². The van der Waals surface area contributed by atoms with Crippen molar-refractivity contribution in [3.8, 4) is 11.1 Å². The van der Waals surface area contributed by atoms with Gasteiger partial charge in [0.15, 0.2) is 17.5 Å². The van der Waals surface area contributed by atoms with E-state index in [0.717, 1.165) is 6.34 Å². The fraction of sp³-hybridized carbons (Fsp3) is 0.226. The maximum Gasteiger partial charge on any atom is 0.410 e. The van der Waals surface area contributed by atoms with E-state index in [0.29, 0.717) is 31.2 Å². The number of aliphatic imine (C=N–C) groups is 1. The lowest BCUT2D eigenvalue weighted by atomic mass is 10.00. The Morgan fingerprint density at radius 3 is 2.43 bits per heavy atom. The zero-order chi connectivity index (χ0) is 36.9. The third kappa shape index (κ3) is 6.76. The van der Waals surface area contributed by atoms with Crippen LogP contribution in [0.5, 0.6) is 0 Å². The number of hydrazine groups is 1. The van der Waals surface area contributed by atoms with Gasteiger partial charge in [-0.3, -0.25) is 15.8 Å². The molecule has 3 aliphatic rings. The van der Waals surface area contributed by atoms with Crippen LogP contribution in [0.3, 0.4) is 0 Å². The van der Waals surface area contributed by atoms with Gasteiger partial charge in [0.25, 0.3) is 0 Å². The predicted molar refractivity (Wildman–Crippen MR) is 173 cm³/mol. The Morgan fingerprint density at radius 1 is 1.06 bits per heavy atom. The van der Waals surface area contributed by atoms with Gasteiger partial charge >= 0.3 is 6.18 Å². The Bertz CT molecular complexity index is 2260. The Balaban J connectivity index is 1.57. The van der Waals surface area contributed by atoms with Gasteiger partial charge in [-0.1, -0.05) is 23.2 Å². The van der Waals surface area contributed by atoms with E-state index in [2.05, 4.69) is 41.4 Å². The third-order valence-electron chi connectivity index (χ3n) is 7.75. The minimum atomic E-state index is -4.89. The number of hydrogen-bond donors (Lipinski definition) is 4. The molecule has 0 spiro atoms. The number of pyridine rings is 2. The highest BCUT2D eigenvalue weighted by atomic mass is 35.5. The maximum atomic E-state index is 15.3. The molecule has 4 heterocycles. The van der Waals surface area contributed by atoms with E-state index in [-0.39, 0.29) is 40.1 Å². The first-order valence-electron chi connectivity index (χ1n) is 14.7. The summed E-state index contributed by atoms with van der Waals surface area (Å²) in [5, 5.41) is 4.01. The molecule has 9 nitrogen and oxygen atoms in total. The molecule has 0 saturated carbocycles. The maximum absolute atomic E-state index is 15.3. The highest BCUT2D eigenvalue weighted by molar-refractivity contribution is 6.32. The largest absolute Gasteiger partial charge is 0.410 e. The first kappa shape index (κ1) is 35.8. The number of alkyl halides is 4. The van der Waals surface area contributed by atoms with E-state index in [1.54, 1.807) is 6.92 Å². The van der Waals surface area contributed by atoms with Crippen LogP contribution in [0.15, 0.2) is 63.3 Å². The van der Waals surface area contributed by atoms with Gasteiger partial charge in [0.05, 0.1) is 22.2 Å². The second-order valence-corrected chi connectivity index (χ2v) is 12.0. The fourth-order valence-electron chi connectivity index (χ4n) is 5.52. The summed E-state index contributed by atoms with van der Waals surface area (Å²) in [6.45, 7) is 1.94. The first-order chi connectivity index (χ1) is 24.1. The fourth-order valence-corrected chi connectivity index (χ4v) is 6.13. The number of nitrogens with zero attached hydrogens (tertiary/aromatic N) is 5. The highest BCUT2D eigenvalue weighted by Gasteiger charge is 2.37. The summed E-state index contributed by atoms with van der Waals surface area (Å²) in [5.74, 6) is -6.84. The molecule has 2 aromatic heterocycles. The van der Waals surface area contributed by atoms with Crippen LogP contribution < -0.4 is 37.5 Å². The van der Waals surface area contributed by atoms with Gasteiger partial charge < -0.3 is 15.2 Å². The molecule has 1 aromatic carbocycles. The minimum Gasteiger partial charge on any atom is -0.378 e. The lowest BCUT2D eigenvalue weighted by molar-refractivity contribution is -0.143. The third-order valence-corrected chi connectivity index (χ3v) is 8.42. The molecular formula is C31H22Cl2F9N9. The van der Waals surface area contributed by atoms with Crippen molar-refractivity contribution in [3.63, 3.8) is 0 Å². The zero-order valence-electron chi connectivity index (χ0n) is 25.9. The molecule has 6 rings (SSSR count). The molecule has 0 radical (unpaired) electrons. The van der Waals surface area contributed by atoms with Crippen LogP contribution in [-0.2, 0) is 6.54 Å². The zero-order valence-corrected chi connectivity index (χ0v) is 27.4. The molecule has 0 amide bonds. The van der Waals surface area contributed by atoms with E-state index >= 15 is 17.6 Å². The molecule has 4 N–H and O–H groups in total. The summed E-state index contributed by atoms with van der Waals surface area (Å²) in [6.07, 6.45) is -2.42. The Morgan fingerprint density at radius 2 is 1.76 bits per heavy atom. The number of halogens is 11. The molecule has 3 aromatic rings. The predicted octanol–water partition coefficient (Wildman–Crippen LogP) is 6.94. The summed E-state index contributed by atoms with van der Waals surface area (Å²) in [5.41, 5.74) is 2.69. The number of aromatic nitrogens is 2. The van der Waals surface area contributed by atoms with Crippen LogP contribution >= 0.6 is 23.2 Å². The molecule has 1 aliphatic carbocycles. The number of allylic oxidation sites excluding steroid dienone is 4. The van der Waals surface area contributed by atoms with Crippen molar-refractivity contribution in [3.05, 3.63) is 92.2 Å². The number of rotatable bonds is 6. The summed E-state index contributed by atoms with van der Waals surface area (Å²) in [7, 11) is 0. The second kappa shape index (κ2) is 13.6. The van der Waals surface area contributed by atoms with Crippen LogP contribution in [0.25, 0.3) is 16.7 Å². The SMILES string of the molecule is CC(Cn1c(Cl)c(-c2c(F)cc(F)cc2F)c(=N[C@H](C)C(F)(F)F)c2c1NNC=N2)Nc1c2c(nc(Cl)c1=C1C(F)=CC(F)=CC1F)=NC=CN2. The van der Waals surface area contributed by atoms with Crippen molar-refractivity contribution >= 4 is 58.0 Å². The van der Waals surface area contributed by atoms with Crippen molar-refractivity contribution in [1.29, 1.82) is 0 Å². The van der Waals surface area contributed by atoms with Crippen LogP contribution in [0.1, 0.15) is 13.8 Å². The number of fused-ring (bicyclic) bond motifs is 2. The summed E-state index contributed by atoms with van der Waals surface area (Å²) in [6, 6.07) is -2.66. The van der Waals surface area contributed by atoms with Crippen molar-refractivity contribution in [2.45, 2.75) is 44.8 Å². The van der Waals surface area contributed by atoms with E-state index < -0.39 is 85.9 Å². The van der Waals surface area contributed by atoms with Gasteiger partial charge in [0.2, 0.25) is 0 Å². The summed E-state index contributed by atoms with van der Waals surface area (Å²) < 4.78 is 131. The topological polar surface area (TPSA) is 103 Å². The molecule has 20 heteroatoms. The molecule has 3 atom stereocenters. The normalized spacial score (nSPS) is 19.1. The van der Waals surface area contributed by atoms with Crippen molar-refractivity contribution < 1.29 is 39.5 Å². The summed E-state index contributed by atoms with van der Waals surface area (Å²) >= 11 is 13.2. The molecule has 0 bridgehead atoms. The number of anilines is 3. The second-order valence-electron chi connectivity index (χ2n) is 11.3. The van der Waals surface area contributed by atoms with Crippen LogP contribution in [-0.4, -0.2) is 40.3 Å². The number of benzene rings is 1. The molecule has 2 aliphatic heterocycles. The minimum absolute atomic E-state index is 0.0106. The lowest BCUT2D eigenvalue weighted by Crippen LogP contribution is -2.36. The Hall–Kier alpha value is -4.97. The lowest BCUT2D eigenvalue weighted by Gasteiger charge is -2.28. The Labute approximate surface area is 291 Å². The smallest absolute Gasteiger partial charge is 0.378 e. The van der Waals surface area contributed by atoms with E-state index in [1.165, 1.54) is 17.0 Å². The number of nitrogens with one attached hydrogen (secondary N) is 4. The van der Waals surface area contributed by atoms with Crippen LogP contribution in [0, 0.1) is 17.5 Å². The highest BCUT2D eigenvalue weighted by Crippen LogP contribution is 2.38. The summed E-state index contributed by atoms with van der Waals surface area (Å²) in [4.78, 5) is 16.0. The standard InChI is InChI=1S/C31H22Cl2F9N9/c1-11(47-23-21(19-15(36)5-13(34)6-16(19)37)27(32)49-29-25(23)43-3-4-44-29)9-51-28(33)22(20-17(38)7-14(35)8-18(20)39)24(48-12(2)31(40,41)42)26-30(51)50-46-10-45-26/h3-8,10-12,15,43,47,50H,9H2,1-2H3,(H,45,46)/t11?,12-,15?/m1/s1. The first-order valence-corrected chi connectivity index (χ1v) is 15.5. The van der Waals surface area contributed by atoms with Gasteiger partial charge in [-0.05, 0) is 19.9 Å². The van der Waals surface area contributed by atoms with Crippen LogP contribution in [0.2, 0.25) is 10.3 Å². The quantitative estimate of drug-likeness (QED) is 0.161.